The molecule has 3 atom stereocenters. The summed E-state index contributed by atoms with van der Waals surface area (Å²) in [6, 6.07) is 8.03. The molecule has 1 aromatic rings. The minimum absolute atomic E-state index is 0.135. The molecule has 0 radical (unpaired) electrons. The first kappa shape index (κ1) is 13.5. The van der Waals surface area contributed by atoms with Crippen LogP contribution in [0.25, 0.3) is 0 Å². The van der Waals surface area contributed by atoms with E-state index < -0.39 is 22.3 Å². The van der Waals surface area contributed by atoms with Crippen molar-refractivity contribution in [3.63, 3.8) is 0 Å². The number of rotatable bonds is 3. The molecule has 1 aliphatic carbocycles. The largest absolute Gasteiger partial charge is 0.390 e. The summed E-state index contributed by atoms with van der Waals surface area (Å²) in [7, 11) is -3.77. The summed E-state index contributed by atoms with van der Waals surface area (Å²) in [5.41, 5.74) is 0. The molecule has 3 unspecified atom stereocenters. The van der Waals surface area contributed by atoms with E-state index in [4.69, 9.17) is 4.18 Å². The van der Waals surface area contributed by atoms with Gasteiger partial charge in [-0.15, -0.1) is 0 Å². The molecule has 2 rings (SSSR count). The zero-order valence-electron chi connectivity index (χ0n) is 10.3. The molecule has 0 spiro atoms. The van der Waals surface area contributed by atoms with Gasteiger partial charge in [0.05, 0.1) is 11.0 Å². The van der Waals surface area contributed by atoms with Gasteiger partial charge in [0.2, 0.25) is 0 Å². The SMILES string of the molecule is CC1CCC(OS(=O)(=O)c2ccccc2)C(O)C1. The molecule has 1 aliphatic rings. The monoisotopic (exact) mass is 270 g/mol. The van der Waals surface area contributed by atoms with Gasteiger partial charge in [-0.2, -0.15) is 8.42 Å². The standard InChI is InChI=1S/C13H18O4S/c1-10-7-8-13(12(14)9-10)17-18(15,16)11-5-3-2-4-6-11/h2-6,10,12-14H,7-9H2,1H3. The van der Waals surface area contributed by atoms with Crippen molar-refractivity contribution < 1.29 is 17.7 Å². The first-order valence-electron chi connectivity index (χ1n) is 6.15. The van der Waals surface area contributed by atoms with Gasteiger partial charge in [-0.3, -0.25) is 4.18 Å². The maximum atomic E-state index is 12.0. The van der Waals surface area contributed by atoms with Crippen LogP contribution in [0.2, 0.25) is 0 Å². The highest BCUT2D eigenvalue weighted by Gasteiger charge is 2.32. The van der Waals surface area contributed by atoms with Crippen molar-refractivity contribution in [3.8, 4) is 0 Å². The molecular formula is C13H18O4S. The molecule has 0 amide bonds. The lowest BCUT2D eigenvalue weighted by Gasteiger charge is -2.30. The van der Waals surface area contributed by atoms with Crippen molar-refractivity contribution in [1.29, 1.82) is 0 Å². The van der Waals surface area contributed by atoms with Crippen LogP contribution in [0.4, 0.5) is 0 Å². The molecule has 0 bridgehead atoms. The Morgan fingerprint density at radius 1 is 1.22 bits per heavy atom. The topological polar surface area (TPSA) is 63.6 Å². The molecule has 5 heteroatoms. The van der Waals surface area contributed by atoms with Crippen molar-refractivity contribution in [3.05, 3.63) is 30.3 Å². The van der Waals surface area contributed by atoms with E-state index >= 15 is 0 Å². The zero-order valence-corrected chi connectivity index (χ0v) is 11.1. The van der Waals surface area contributed by atoms with Crippen molar-refractivity contribution in [2.45, 2.75) is 43.3 Å². The summed E-state index contributed by atoms with van der Waals surface area (Å²) < 4.78 is 29.1. The minimum atomic E-state index is -3.77. The van der Waals surface area contributed by atoms with E-state index in [0.717, 1.165) is 6.42 Å². The average Bonchev–Trinajstić information content (AvgIpc) is 2.34. The van der Waals surface area contributed by atoms with Crippen molar-refractivity contribution in [2.24, 2.45) is 5.92 Å². The third-order valence-corrected chi connectivity index (χ3v) is 4.65. The smallest absolute Gasteiger partial charge is 0.297 e. The molecule has 4 nitrogen and oxygen atoms in total. The van der Waals surface area contributed by atoms with Gasteiger partial charge in [-0.05, 0) is 37.3 Å². The second-order valence-corrected chi connectivity index (χ2v) is 6.46. The molecule has 1 fully saturated rings. The summed E-state index contributed by atoms with van der Waals surface area (Å²) in [5.74, 6) is 0.416. The second-order valence-electron chi connectivity index (χ2n) is 4.89. The fraction of sp³-hybridized carbons (Fsp3) is 0.538. The van der Waals surface area contributed by atoms with Crippen LogP contribution in [0, 0.1) is 5.92 Å². The average molecular weight is 270 g/mol. The number of benzene rings is 1. The van der Waals surface area contributed by atoms with Gasteiger partial charge >= 0.3 is 0 Å². The molecule has 18 heavy (non-hydrogen) atoms. The van der Waals surface area contributed by atoms with E-state index in [-0.39, 0.29) is 4.90 Å². The van der Waals surface area contributed by atoms with Crippen molar-refractivity contribution >= 4 is 10.1 Å². The van der Waals surface area contributed by atoms with Crippen LogP contribution >= 0.6 is 0 Å². The first-order valence-corrected chi connectivity index (χ1v) is 7.56. The van der Waals surface area contributed by atoms with Crippen LogP contribution in [0.15, 0.2) is 35.2 Å². The van der Waals surface area contributed by atoms with Gasteiger partial charge in [-0.25, -0.2) is 0 Å². The van der Waals surface area contributed by atoms with E-state index in [0.29, 0.717) is 18.8 Å². The van der Waals surface area contributed by atoms with Gasteiger partial charge in [0.25, 0.3) is 10.1 Å². The summed E-state index contributed by atoms with van der Waals surface area (Å²) in [6.07, 6.45) is 0.730. The predicted molar refractivity (Wildman–Crippen MR) is 67.5 cm³/mol. The number of hydrogen-bond donors (Lipinski definition) is 1. The van der Waals surface area contributed by atoms with E-state index in [1.807, 2.05) is 6.92 Å². The highest BCUT2D eigenvalue weighted by Crippen LogP contribution is 2.28. The van der Waals surface area contributed by atoms with E-state index in [2.05, 4.69) is 0 Å². The fourth-order valence-corrected chi connectivity index (χ4v) is 3.39. The van der Waals surface area contributed by atoms with Gasteiger partial charge in [-0.1, -0.05) is 25.1 Å². The molecule has 1 saturated carbocycles. The summed E-state index contributed by atoms with van der Waals surface area (Å²) in [6.45, 7) is 2.05. The molecule has 1 aromatic carbocycles. The molecule has 0 aromatic heterocycles. The Labute approximate surface area is 108 Å². The van der Waals surface area contributed by atoms with Crippen LogP contribution in [0.5, 0.6) is 0 Å². The Morgan fingerprint density at radius 2 is 1.89 bits per heavy atom. The van der Waals surface area contributed by atoms with Crippen LogP contribution < -0.4 is 0 Å². The Kier molecular flexibility index (Phi) is 4.04. The molecule has 0 heterocycles. The molecule has 0 aliphatic heterocycles. The van der Waals surface area contributed by atoms with Gasteiger partial charge in [0.15, 0.2) is 0 Å². The fourth-order valence-electron chi connectivity index (χ4n) is 2.24. The maximum absolute atomic E-state index is 12.0. The molecule has 0 saturated heterocycles. The van der Waals surface area contributed by atoms with Crippen molar-refractivity contribution in [2.75, 3.05) is 0 Å². The van der Waals surface area contributed by atoms with Crippen molar-refractivity contribution in [1.82, 2.24) is 0 Å². The highest BCUT2D eigenvalue weighted by atomic mass is 32.2. The Bertz CT molecular complexity index is 483. The van der Waals surface area contributed by atoms with E-state index in [1.165, 1.54) is 12.1 Å². The number of hydrogen-bond acceptors (Lipinski definition) is 4. The summed E-state index contributed by atoms with van der Waals surface area (Å²) in [4.78, 5) is 0.135. The van der Waals surface area contributed by atoms with Crippen LogP contribution in [0.1, 0.15) is 26.2 Å². The van der Waals surface area contributed by atoms with Gasteiger partial charge in [0, 0.05) is 0 Å². The maximum Gasteiger partial charge on any atom is 0.297 e. The first-order chi connectivity index (χ1) is 8.49. The highest BCUT2D eigenvalue weighted by molar-refractivity contribution is 7.86. The predicted octanol–water partition coefficient (Wildman–Crippen LogP) is 1.94. The third-order valence-electron chi connectivity index (χ3n) is 3.30. The lowest BCUT2D eigenvalue weighted by atomic mass is 9.87. The normalized spacial score (nSPS) is 29.1. The van der Waals surface area contributed by atoms with Crippen LogP contribution in [-0.2, 0) is 14.3 Å². The van der Waals surface area contributed by atoms with E-state index in [1.54, 1.807) is 18.2 Å². The molecule has 1 N–H and O–H groups in total. The lowest BCUT2D eigenvalue weighted by Crippen LogP contribution is -2.36. The molecule has 100 valence electrons. The van der Waals surface area contributed by atoms with Crippen LogP contribution in [-0.4, -0.2) is 25.7 Å². The second kappa shape index (κ2) is 5.38. The van der Waals surface area contributed by atoms with Gasteiger partial charge < -0.3 is 5.11 Å². The Morgan fingerprint density at radius 3 is 2.50 bits per heavy atom. The van der Waals surface area contributed by atoms with Crippen LogP contribution in [0.3, 0.4) is 0 Å². The van der Waals surface area contributed by atoms with E-state index in [9.17, 15) is 13.5 Å². The van der Waals surface area contributed by atoms with Gasteiger partial charge in [0.1, 0.15) is 6.10 Å². The number of aliphatic hydroxyl groups is 1. The number of aliphatic hydroxyl groups excluding tert-OH is 1. The zero-order chi connectivity index (χ0) is 13.2. The quantitative estimate of drug-likeness (QED) is 0.853. The minimum Gasteiger partial charge on any atom is -0.390 e. The Hall–Kier alpha value is -0.910. The Balaban J connectivity index is 2.09. The third kappa shape index (κ3) is 3.10. The molecular weight excluding hydrogens is 252 g/mol. The lowest BCUT2D eigenvalue weighted by molar-refractivity contribution is -0.00471. The summed E-state index contributed by atoms with van der Waals surface area (Å²) in [5, 5.41) is 9.86. The summed E-state index contributed by atoms with van der Waals surface area (Å²) >= 11 is 0.